The second-order valence-corrected chi connectivity index (χ2v) is 6.40. The van der Waals surface area contributed by atoms with Crippen LogP contribution in [0.15, 0.2) is 24.3 Å². The number of hydrogen-bond donors (Lipinski definition) is 1. The van der Waals surface area contributed by atoms with Crippen molar-refractivity contribution in [1.82, 2.24) is 4.90 Å². The van der Waals surface area contributed by atoms with Gasteiger partial charge in [0.2, 0.25) is 0 Å². The summed E-state index contributed by atoms with van der Waals surface area (Å²) >= 11 is 0. The lowest BCUT2D eigenvalue weighted by atomic mass is 9.98. The van der Waals surface area contributed by atoms with Gasteiger partial charge in [0, 0.05) is 18.6 Å². The minimum Gasteiger partial charge on any atom is -0.491 e. The van der Waals surface area contributed by atoms with Crippen molar-refractivity contribution in [3.05, 3.63) is 24.3 Å². The zero-order chi connectivity index (χ0) is 14.5. The standard InChI is InChI=1S/C17H28N2O/c1-13(2)12-20-17-8-6-5-7-16(17)18-15-9-10-19(4)14(3)11-15/h5-8,13-15,18H,9-12H2,1-4H3. The number of nitrogens with zero attached hydrogens (tertiary/aromatic N) is 1. The van der Waals surface area contributed by atoms with E-state index in [4.69, 9.17) is 4.74 Å². The maximum Gasteiger partial charge on any atom is 0.142 e. The smallest absolute Gasteiger partial charge is 0.142 e. The van der Waals surface area contributed by atoms with Crippen LogP contribution in [-0.2, 0) is 0 Å². The number of anilines is 1. The number of para-hydroxylation sites is 2. The van der Waals surface area contributed by atoms with E-state index in [0.717, 1.165) is 24.6 Å². The monoisotopic (exact) mass is 276 g/mol. The average molecular weight is 276 g/mol. The van der Waals surface area contributed by atoms with Crippen molar-refractivity contribution in [3.8, 4) is 5.75 Å². The first-order valence-electron chi connectivity index (χ1n) is 7.75. The van der Waals surface area contributed by atoms with Gasteiger partial charge in [-0.15, -0.1) is 0 Å². The lowest BCUT2D eigenvalue weighted by molar-refractivity contribution is 0.189. The molecular weight excluding hydrogens is 248 g/mol. The molecule has 1 fully saturated rings. The number of rotatable bonds is 5. The van der Waals surface area contributed by atoms with Gasteiger partial charge in [-0.25, -0.2) is 0 Å². The van der Waals surface area contributed by atoms with Crippen molar-refractivity contribution in [2.24, 2.45) is 5.92 Å². The van der Waals surface area contributed by atoms with Crippen LogP contribution in [0.25, 0.3) is 0 Å². The van der Waals surface area contributed by atoms with E-state index in [-0.39, 0.29) is 0 Å². The van der Waals surface area contributed by atoms with Gasteiger partial charge in [-0.1, -0.05) is 26.0 Å². The topological polar surface area (TPSA) is 24.5 Å². The van der Waals surface area contributed by atoms with Gasteiger partial charge in [0.1, 0.15) is 5.75 Å². The summed E-state index contributed by atoms with van der Waals surface area (Å²) in [6.07, 6.45) is 2.38. The van der Waals surface area contributed by atoms with Gasteiger partial charge < -0.3 is 15.0 Å². The number of benzene rings is 1. The van der Waals surface area contributed by atoms with Crippen molar-refractivity contribution >= 4 is 5.69 Å². The molecule has 1 aromatic carbocycles. The first-order chi connectivity index (χ1) is 9.56. The van der Waals surface area contributed by atoms with Crippen LogP contribution in [0.1, 0.15) is 33.6 Å². The first-order valence-corrected chi connectivity index (χ1v) is 7.75. The molecular formula is C17H28N2O. The molecule has 3 nitrogen and oxygen atoms in total. The highest BCUT2D eigenvalue weighted by Crippen LogP contribution is 2.27. The van der Waals surface area contributed by atoms with E-state index >= 15 is 0 Å². The van der Waals surface area contributed by atoms with Crippen LogP contribution in [-0.4, -0.2) is 37.2 Å². The van der Waals surface area contributed by atoms with Crippen LogP contribution >= 0.6 is 0 Å². The molecule has 0 spiro atoms. The molecule has 0 aliphatic carbocycles. The summed E-state index contributed by atoms with van der Waals surface area (Å²) in [5.41, 5.74) is 1.13. The summed E-state index contributed by atoms with van der Waals surface area (Å²) in [6.45, 7) is 8.58. The van der Waals surface area contributed by atoms with E-state index < -0.39 is 0 Å². The average Bonchev–Trinajstić information content (AvgIpc) is 2.42. The summed E-state index contributed by atoms with van der Waals surface area (Å²) in [5, 5.41) is 3.67. The quantitative estimate of drug-likeness (QED) is 0.889. The van der Waals surface area contributed by atoms with Crippen molar-refractivity contribution in [2.45, 2.75) is 45.7 Å². The summed E-state index contributed by atoms with van der Waals surface area (Å²) in [4.78, 5) is 2.43. The number of nitrogens with one attached hydrogen (secondary N) is 1. The molecule has 0 radical (unpaired) electrons. The van der Waals surface area contributed by atoms with E-state index in [1.54, 1.807) is 0 Å². The molecule has 1 saturated heterocycles. The Labute approximate surface area is 123 Å². The number of likely N-dealkylation sites (tertiary alicyclic amines) is 1. The van der Waals surface area contributed by atoms with Gasteiger partial charge in [0.25, 0.3) is 0 Å². The molecule has 1 heterocycles. The second kappa shape index (κ2) is 6.98. The van der Waals surface area contributed by atoms with Gasteiger partial charge in [-0.2, -0.15) is 0 Å². The minimum atomic E-state index is 0.546. The molecule has 1 aromatic rings. The normalized spacial score (nSPS) is 23.9. The Bertz CT molecular complexity index is 419. The predicted molar refractivity (Wildman–Crippen MR) is 85.5 cm³/mol. The Morgan fingerprint density at radius 3 is 2.80 bits per heavy atom. The molecule has 2 rings (SSSR count). The van der Waals surface area contributed by atoms with E-state index in [1.807, 2.05) is 6.07 Å². The van der Waals surface area contributed by atoms with E-state index in [9.17, 15) is 0 Å². The summed E-state index contributed by atoms with van der Waals surface area (Å²) in [5.74, 6) is 1.53. The number of piperidine rings is 1. The second-order valence-electron chi connectivity index (χ2n) is 6.40. The minimum absolute atomic E-state index is 0.546. The molecule has 2 unspecified atom stereocenters. The summed E-state index contributed by atoms with van der Waals surface area (Å²) in [6, 6.07) is 9.48. The van der Waals surface area contributed by atoms with Gasteiger partial charge in [-0.05, 0) is 44.9 Å². The fraction of sp³-hybridized carbons (Fsp3) is 0.647. The van der Waals surface area contributed by atoms with Crippen LogP contribution in [0.2, 0.25) is 0 Å². The molecule has 1 aliphatic rings. The van der Waals surface area contributed by atoms with Crippen LogP contribution in [0.3, 0.4) is 0 Å². The first kappa shape index (κ1) is 15.2. The third kappa shape index (κ3) is 4.14. The zero-order valence-electron chi connectivity index (χ0n) is 13.2. The zero-order valence-corrected chi connectivity index (χ0v) is 13.2. The van der Waals surface area contributed by atoms with Gasteiger partial charge >= 0.3 is 0 Å². The Balaban J connectivity index is 1.98. The van der Waals surface area contributed by atoms with E-state index in [0.29, 0.717) is 18.0 Å². The maximum absolute atomic E-state index is 5.92. The molecule has 1 aliphatic heterocycles. The summed E-state index contributed by atoms with van der Waals surface area (Å²) in [7, 11) is 2.21. The van der Waals surface area contributed by atoms with Crippen molar-refractivity contribution in [2.75, 3.05) is 25.5 Å². The lowest BCUT2D eigenvalue weighted by Crippen LogP contribution is -2.42. The van der Waals surface area contributed by atoms with Crippen LogP contribution in [0, 0.1) is 5.92 Å². The lowest BCUT2D eigenvalue weighted by Gasteiger charge is -2.36. The third-order valence-corrected chi connectivity index (χ3v) is 4.03. The van der Waals surface area contributed by atoms with E-state index in [1.165, 1.54) is 12.8 Å². The molecule has 2 atom stereocenters. The molecule has 3 heteroatoms. The van der Waals surface area contributed by atoms with Gasteiger partial charge in [0.05, 0.1) is 12.3 Å². The Kier molecular flexibility index (Phi) is 5.30. The van der Waals surface area contributed by atoms with Crippen LogP contribution in [0.4, 0.5) is 5.69 Å². The highest BCUT2D eigenvalue weighted by atomic mass is 16.5. The van der Waals surface area contributed by atoms with Crippen molar-refractivity contribution < 1.29 is 4.74 Å². The van der Waals surface area contributed by atoms with Gasteiger partial charge in [0.15, 0.2) is 0 Å². The van der Waals surface area contributed by atoms with Crippen molar-refractivity contribution in [3.63, 3.8) is 0 Å². The third-order valence-electron chi connectivity index (χ3n) is 4.03. The number of hydrogen-bond acceptors (Lipinski definition) is 3. The predicted octanol–water partition coefficient (Wildman–Crippen LogP) is 3.62. The molecule has 20 heavy (non-hydrogen) atoms. The fourth-order valence-electron chi connectivity index (χ4n) is 2.61. The van der Waals surface area contributed by atoms with E-state index in [2.05, 4.69) is 56.2 Å². The molecule has 0 bridgehead atoms. The molecule has 0 saturated carbocycles. The SMILES string of the molecule is CC(C)COc1ccccc1NC1CCN(C)C(C)C1. The molecule has 112 valence electrons. The fourth-order valence-corrected chi connectivity index (χ4v) is 2.61. The maximum atomic E-state index is 5.92. The van der Waals surface area contributed by atoms with Crippen LogP contribution < -0.4 is 10.1 Å². The largest absolute Gasteiger partial charge is 0.491 e. The Hall–Kier alpha value is -1.22. The highest BCUT2D eigenvalue weighted by molar-refractivity contribution is 5.56. The Morgan fingerprint density at radius 2 is 2.10 bits per heavy atom. The van der Waals surface area contributed by atoms with Gasteiger partial charge in [-0.3, -0.25) is 0 Å². The van der Waals surface area contributed by atoms with Crippen molar-refractivity contribution in [1.29, 1.82) is 0 Å². The summed E-state index contributed by atoms with van der Waals surface area (Å²) < 4.78 is 5.92. The molecule has 0 amide bonds. The number of ether oxygens (including phenoxy) is 1. The molecule has 0 aromatic heterocycles. The van der Waals surface area contributed by atoms with Crippen LogP contribution in [0.5, 0.6) is 5.75 Å². The molecule has 1 N–H and O–H groups in total. The highest BCUT2D eigenvalue weighted by Gasteiger charge is 2.23. The Morgan fingerprint density at radius 1 is 1.35 bits per heavy atom.